The highest BCUT2D eigenvalue weighted by atomic mass is 16.3. The lowest BCUT2D eigenvalue weighted by molar-refractivity contribution is -0.121. The summed E-state index contributed by atoms with van der Waals surface area (Å²) in [5.74, 6) is 1.26. The highest BCUT2D eigenvalue weighted by Crippen LogP contribution is 2.44. The van der Waals surface area contributed by atoms with E-state index >= 15 is 0 Å². The van der Waals surface area contributed by atoms with E-state index in [-0.39, 0.29) is 23.6 Å². The van der Waals surface area contributed by atoms with Crippen molar-refractivity contribution in [1.29, 1.82) is 0 Å². The van der Waals surface area contributed by atoms with Crippen LogP contribution in [0.5, 0.6) is 5.75 Å². The fourth-order valence-electron chi connectivity index (χ4n) is 3.50. The molecule has 2 aromatic rings. The van der Waals surface area contributed by atoms with E-state index in [0.717, 1.165) is 12.0 Å². The van der Waals surface area contributed by atoms with Crippen molar-refractivity contribution in [3.05, 3.63) is 59.9 Å². The summed E-state index contributed by atoms with van der Waals surface area (Å²) in [4.78, 5) is 18.9. The van der Waals surface area contributed by atoms with Gasteiger partial charge >= 0.3 is 0 Å². The number of phenolic OH excluding ortho intramolecular Hbond substituents is 1. The normalized spacial score (nSPS) is 16.1. The first-order chi connectivity index (χ1) is 13.0. The molecule has 0 radical (unpaired) electrons. The molecule has 2 N–H and O–H groups in total. The van der Waals surface area contributed by atoms with Crippen molar-refractivity contribution in [1.82, 2.24) is 15.2 Å². The van der Waals surface area contributed by atoms with Gasteiger partial charge in [-0.3, -0.25) is 9.78 Å². The van der Waals surface area contributed by atoms with Crippen LogP contribution < -0.4 is 5.32 Å². The highest BCUT2D eigenvalue weighted by Gasteiger charge is 2.33. The van der Waals surface area contributed by atoms with E-state index < -0.39 is 0 Å². The van der Waals surface area contributed by atoms with E-state index in [0.29, 0.717) is 18.9 Å². The molecule has 1 aliphatic carbocycles. The molecule has 2 atom stereocenters. The first-order valence-electron chi connectivity index (χ1n) is 9.64. The summed E-state index contributed by atoms with van der Waals surface area (Å²) in [6, 6.07) is 11.5. The van der Waals surface area contributed by atoms with Crippen LogP contribution in [0.4, 0.5) is 0 Å². The number of nitrogens with zero attached hydrogens (tertiary/aromatic N) is 2. The van der Waals surface area contributed by atoms with Crippen molar-refractivity contribution in [2.24, 2.45) is 5.92 Å². The Morgan fingerprint density at radius 2 is 2.00 bits per heavy atom. The van der Waals surface area contributed by atoms with Gasteiger partial charge in [0, 0.05) is 31.4 Å². The number of carbonyl (C=O) groups is 1. The summed E-state index contributed by atoms with van der Waals surface area (Å²) in [6.45, 7) is 0.608. The van der Waals surface area contributed by atoms with Gasteiger partial charge in [0.05, 0.1) is 0 Å². The molecule has 5 nitrogen and oxygen atoms in total. The number of aromatic hydroxyl groups is 1. The van der Waals surface area contributed by atoms with Crippen LogP contribution in [0.2, 0.25) is 0 Å². The number of benzene rings is 1. The second-order valence-corrected chi connectivity index (χ2v) is 7.73. The molecule has 144 valence electrons. The largest absolute Gasteiger partial charge is 0.508 e. The first kappa shape index (κ1) is 19.4. The Bertz CT molecular complexity index is 727. The van der Waals surface area contributed by atoms with E-state index in [1.807, 2.05) is 38.5 Å². The summed E-state index contributed by atoms with van der Waals surface area (Å²) in [6.07, 6.45) is 7.42. The average molecular weight is 367 g/mol. The van der Waals surface area contributed by atoms with Crippen LogP contribution in [0.1, 0.15) is 36.3 Å². The minimum Gasteiger partial charge on any atom is -0.508 e. The minimum absolute atomic E-state index is 0.105. The van der Waals surface area contributed by atoms with Crippen LogP contribution in [0.25, 0.3) is 0 Å². The number of phenols is 1. The Labute approximate surface area is 161 Å². The van der Waals surface area contributed by atoms with Gasteiger partial charge in [0.2, 0.25) is 5.91 Å². The molecular weight excluding hydrogens is 338 g/mol. The standard InChI is InChI=1S/C22H29N3O2/c1-25(2)19(12-16-5-9-20(26)10-6-16)15-24-22(27)13-21(17-7-8-17)18-4-3-11-23-14-18/h3-6,9-11,14,17,19,21,26H,7-8,12-13,15H2,1-2H3,(H,24,27)/t19-,21+/m0/s1. The van der Waals surface area contributed by atoms with Crippen LogP contribution in [0, 0.1) is 5.92 Å². The fraction of sp³-hybridized carbons (Fsp3) is 0.455. The van der Waals surface area contributed by atoms with Crippen molar-refractivity contribution < 1.29 is 9.90 Å². The van der Waals surface area contributed by atoms with Crippen molar-refractivity contribution in [3.63, 3.8) is 0 Å². The van der Waals surface area contributed by atoms with Gasteiger partial charge in [-0.05, 0) is 74.5 Å². The average Bonchev–Trinajstić information content (AvgIpc) is 3.50. The van der Waals surface area contributed by atoms with Crippen LogP contribution in [0.15, 0.2) is 48.8 Å². The maximum Gasteiger partial charge on any atom is 0.220 e. The minimum atomic E-state index is 0.105. The molecule has 27 heavy (non-hydrogen) atoms. The van der Waals surface area contributed by atoms with Crippen molar-refractivity contribution >= 4 is 5.91 Å². The van der Waals surface area contributed by atoms with Gasteiger partial charge < -0.3 is 15.3 Å². The van der Waals surface area contributed by atoms with Gasteiger partial charge in [0.1, 0.15) is 5.75 Å². The molecule has 0 unspecified atom stereocenters. The molecule has 5 heteroatoms. The van der Waals surface area contributed by atoms with Gasteiger partial charge in [-0.1, -0.05) is 18.2 Å². The summed E-state index contributed by atoms with van der Waals surface area (Å²) < 4.78 is 0. The zero-order valence-corrected chi connectivity index (χ0v) is 16.1. The lowest BCUT2D eigenvalue weighted by atomic mass is 9.92. The van der Waals surface area contributed by atoms with E-state index in [1.165, 1.54) is 18.4 Å². The molecule has 3 rings (SSSR count). The second-order valence-electron chi connectivity index (χ2n) is 7.73. The third-order valence-corrected chi connectivity index (χ3v) is 5.38. The molecule has 1 amide bonds. The number of pyridine rings is 1. The Hall–Kier alpha value is -2.40. The zero-order chi connectivity index (χ0) is 19.2. The maximum atomic E-state index is 12.6. The summed E-state index contributed by atoms with van der Waals surface area (Å²) in [5.41, 5.74) is 2.32. The quantitative estimate of drug-likeness (QED) is 0.715. The Morgan fingerprint density at radius 1 is 1.26 bits per heavy atom. The molecule has 0 aliphatic heterocycles. The SMILES string of the molecule is CN(C)[C@H](CNC(=O)C[C@@H](c1cccnc1)C1CC1)Cc1ccc(O)cc1. The highest BCUT2D eigenvalue weighted by molar-refractivity contribution is 5.77. The molecule has 1 fully saturated rings. The van der Waals surface area contributed by atoms with E-state index in [1.54, 1.807) is 18.3 Å². The van der Waals surface area contributed by atoms with Crippen LogP contribution in [-0.4, -0.2) is 47.6 Å². The summed E-state index contributed by atoms with van der Waals surface area (Å²) >= 11 is 0. The molecule has 1 aromatic heterocycles. The first-order valence-corrected chi connectivity index (χ1v) is 9.64. The molecule has 0 spiro atoms. The number of hydrogen-bond donors (Lipinski definition) is 2. The molecule has 0 bridgehead atoms. The third kappa shape index (κ3) is 5.79. The molecule has 1 aromatic carbocycles. The molecule has 1 aliphatic rings. The number of rotatable bonds is 9. The fourth-order valence-corrected chi connectivity index (χ4v) is 3.50. The number of nitrogens with one attached hydrogen (secondary N) is 1. The second kappa shape index (κ2) is 9.00. The van der Waals surface area contributed by atoms with Gasteiger partial charge in [0.15, 0.2) is 0 Å². The van der Waals surface area contributed by atoms with Crippen LogP contribution in [-0.2, 0) is 11.2 Å². The Balaban J connectivity index is 1.54. The van der Waals surface area contributed by atoms with Gasteiger partial charge in [0.25, 0.3) is 0 Å². The number of hydrogen-bond acceptors (Lipinski definition) is 4. The lowest BCUT2D eigenvalue weighted by Crippen LogP contribution is -2.42. The van der Waals surface area contributed by atoms with Gasteiger partial charge in [-0.15, -0.1) is 0 Å². The monoisotopic (exact) mass is 367 g/mol. The van der Waals surface area contributed by atoms with Gasteiger partial charge in [-0.25, -0.2) is 0 Å². The van der Waals surface area contributed by atoms with Crippen molar-refractivity contribution in [2.75, 3.05) is 20.6 Å². The number of aromatic nitrogens is 1. The van der Waals surface area contributed by atoms with Crippen molar-refractivity contribution in [2.45, 2.75) is 37.6 Å². The Morgan fingerprint density at radius 3 is 2.59 bits per heavy atom. The van der Waals surface area contributed by atoms with E-state index in [9.17, 15) is 9.90 Å². The topological polar surface area (TPSA) is 65.5 Å². The smallest absolute Gasteiger partial charge is 0.220 e. The third-order valence-electron chi connectivity index (χ3n) is 5.38. The predicted molar refractivity (Wildman–Crippen MR) is 107 cm³/mol. The predicted octanol–water partition coefficient (Wildman–Crippen LogP) is 2.96. The van der Waals surface area contributed by atoms with E-state index in [2.05, 4.69) is 21.3 Å². The van der Waals surface area contributed by atoms with Gasteiger partial charge in [-0.2, -0.15) is 0 Å². The van der Waals surface area contributed by atoms with Crippen LogP contribution in [0.3, 0.4) is 0 Å². The lowest BCUT2D eigenvalue weighted by Gasteiger charge is -2.25. The Kier molecular flexibility index (Phi) is 6.45. The number of carbonyl (C=O) groups excluding carboxylic acids is 1. The summed E-state index contributed by atoms with van der Waals surface area (Å²) in [5, 5.41) is 12.6. The van der Waals surface area contributed by atoms with Crippen molar-refractivity contribution in [3.8, 4) is 5.75 Å². The molecule has 1 saturated carbocycles. The molecule has 0 saturated heterocycles. The maximum absolute atomic E-state index is 12.6. The number of likely N-dealkylation sites (N-methyl/N-ethyl adjacent to an activating group) is 1. The number of amides is 1. The molecular formula is C22H29N3O2. The van der Waals surface area contributed by atoms with Crippen LogP contribution >= 0.6 is 0 Å². The summed E-state index contributed by atoms with van der Waals surface area (Å²) in [7, 11) is 4.06. The zero-order valence-electron chi connectivity index (χ0n) is 16.1. The molecule has 1 heterocycles. The van der Waals surface area contributed by atoms with E-state index in [4.69, 9.17) is 0 Å².